The highest BCUT2D eigenvalue weighted by molar-refractivity contribution is 5.20. The smallest absolute Gasteiger partial charge is 0.115 e. The van der Waals surface area contributed by atoms with E-state index in [0.717, 1.165) is 5.56 Å². The molecule has 1 saturated carbocycles. The Morgan fingerprint density at radius 1 is 1.38 bits per heavy atom. The van der Waals surface area contributed by atoms with Gasteiger partial charge in [-0.05, 0) is 12.8 Å². The van der Waals surface area contributed by atoms with E-state index in [2.05, 4.69) is 9.97 Å². The highest BCUT2D eigenvalue weighted by Gasteiger charge is 2.20. The van der Waals surface area contributed by atoms with Crippen molar-refractivity contribution < 1.29 is 0 Å². The van der Waals surface area contributed by atoms with Gasteiger partial charge in [0.1, 0.15) is 6.33 Å². The Hall–Kier alpha value is -0.960. The molecule has 1 heterocycles. The predicted octanol–water partition coefficient (Wildman–Crippen LogP) is 1.59. The lowest BCUT2D eigenvalue weighted by Crippen LogP contribution is -2.07. The van der Waals surface area contributed by atoms with Crippen LogP contribution in [0, 0.1) is 0 Å². The van der Waals surface area contributed by atoms with Crippen LogP contribution in [0.25, 0.3) is 0 Å². The van der Waals surface area contributed by atoms with Crippen molar-refractivity contribution in [1.29, 1.82) is 0 Å². The third kappa shape index (κ3) is 1.70. The summed E-state index contributed by atoms with van der Waals surface area (Å²) in [5.74, 6) is 0.640. The molecule has 0 bridgehead atoms. The molecule has 0 aromatic carbocycles. The maximum atomic E-state index is 5.64. The second-order valence-electron chi connectivity index (χ2n) is 3.62. The molecule has 0 atom stereocenters. The number of nitrogens with two attached hydrogens (primary N) is 1. The van der Waals surface area contributed by atoms with Gasteiger partial charge < -0.3 is 5.73 Å². The van der Waals surface area contributed by atoms with Crippen molar-refractivity contribution in [3.05, 3.63) is 23.8 Å². The zero-order valence-electron chi connectivity index (χ0n) is 7.74. The Bertz CT molecular complexity index is 279. The summed E-state index contributed by atoms with van der Waals surface area (Å²) in [6, 6.07) is 0. The summed E-state index contributed by atoms with van der Waals surface area (Å²) in [6.07, 6.45) is 8.68. The topological polar surface area (TPSA) is 51.8 Å². The second kappa shape index (κ2) is 3.83. The molecule has 3 nitrogen and oxygen atoms in total. The summed E-state index contributed by atoms with van der Waals surface area (Å²) in [5, 5.41) is 0. The molecule has 0 amide bonds. The van der Waals surface area contributed by atoms with Crippen molar-refractivity contribution >= 4 is 0 Å². The SMILES string of the molecule is NCc1cncnc1C1CCCC1. The second-order valence-corrected chi connectivity index (χ2v) is 3.62. The molecule has 1 aliphatic carbocycles. The van der Waals surface area contributed by atoms with Crippen LogP contribution in [0.2, 0.25) is 0 Å². The standard InChI is InChI=1S/C10H15N3/c11-5-9-6-12-7-13-10(9)8-3-1-2-4-8/h6-8H,1-5,11H2. The summed E-state index contributed by atoms with van der Waals surface area (Å²) < 4.78 is 0. The number of hydrogen-bond donors (Lipinski definition) is 1. The largest absolute Gasteiger partial charge is 0.326 e. The van der Waals surface area contributed by atoms with Gasteiger partial charge in [0.2, 0.25) is 0 Å². The molecule has 1 aromatic heterocycles. The van der Waals surface area contributed by atoms with Crippen LogP contribution in [-0.2, 0) is 6.54 Å². The van der Waals surface area contributed by atoms with Crippen LogP contribution >= 0.6 is 0 Å². The average Bonchev–Trinajstić information content (AvgIpc) is 2.70. The van der Waals surface area contributed by atoms with Gasteiger partial charge in [0.05, 0.1) is 5.69 Å². The van der Waals surface area contributed by atoms with Crippen LogP contribution in [0.1, 0.15) is 42.9 Å². The van der Waals surface area contributed by atoms with Gasteiger partial charge in [-0.15, -0.1) is 0 Å². The Balaban J connectivity index is 2.26. The van der Waals surface area contributed by atoms with Gasteiger partial charge in [-0.2, -0.15) is 0 Å². The zero-order valence-corrected chi connectivity index (χ0v) is 7.74. The maximum Gasteiger partial charge on any atom is 0.115 e. The van der Waals surface area contributed by atoms with Crippen LogP contribution in [0.5, 0.6) is 0 Å². The molecule has 0 saturated heterocycles. The minimum Gasteiger partial charge on any atom is -0.326 e. The van der Waals surface area contributed by atoms with Crippen LogP contribution in [-0.4, -0.2) is 9.97 Å². The molecular weight excluding hydrogens is 162 g/mol. The normalized spacial score (nSPS) is 17.9. The summed E-state index contributed by atoms with van der Waals surface area (Å²) >= 11 is 0. The van der Waals surface area contributed by atoms with E-state index >= 15 is 0 Å². The molecule has 2 N–H and O–H groups in total. The van der Waals surface area contributed by atoms with Crippen molar-refractivity contribution in [1.82, 2.24) is 9.97 Å². The third-order valence-corrected chi connectivity index (χ3v) is 2.78. The van der Waals surface area contributed by atoms with E-state index in [1.165, 1.54) is 31.4 Å². The van der Waals surface area contributed by atoms with E-state index in [0.29, 0.717) is 12.5 Å². The van der Waals surface area contributed by atoms with Crippen LogP contribution < -0.4 is 5.73 Å². The molecule has 0 aliphatic heterocycles. The molecule has 1 fully saturated rings. The summed E-state index contributed by atoms with van der Waals surface area (Å²) in [4.78, 5) is 8.34. The first-order chi connectivity index (χ1) is 6.42. The monoisotopic (exact) mass is 177 g/mol. The maximum absolute atomic E-state index is 5.64. The fourth-order valence-electron chi connectivity index (χ4n) is 2.09. The summed E-state index contributed by atoms with van der Waals surface area (Å²) in [7, 11) is 0. The molecule has 0 unspecified atom stereocenters. The molecule has 2 rings (SSSR count). The third-order valence-electron chi connectivity index (χ3n) is 2.78. The van der Waals surface area contributed by atoms with E-state index in [-0.39, 0.29) is 0 Å². The van der Waals surface area contributed by atoms with E-state index in [1.54, 1.807) is 6.33 Å². The number of hydrogen-bond acceptors (Lipinski definition) is 3. The van der Waals surface area contributed by atoms with Crippen molar-refractivity contribution in [3.8, 4) is 0 Å². The van der Waals surface area contributed by atoms with Crippen molar-refractivity contribution in [2.24, 2.45) is 5.73 Å². The first-order valence-corrected chi connectivity index (χ1v) is 4.90. The lowest BCUT2D eigenvalue weighted by molar-refractivity contribution is 0.680. The Kier molecular flexibility index (Phi) is 2.54. The Morgan fingerprint density at radius 2 is 2.15 bits per heavy atom. The minimum absolute atomic E-state index is 0.562. The highest BCUT2D eigenvalue weighted by Crippen LogP contribution is 2.33. The Morgan fingerprint density at radius 3 is 2.85 bits per heavy atom. The number of nitrogens with zero attached hydrogens (tertiary/aromatic N) is 2. The first-order valence-electron chi connectivity index (χ1n) is 4.90. The molecule has 13 heavy (non-hydrogen) atoms. The summed E-state index contributed by atoms with van der Waals surface area (Å²) in [5.41, 5.74) is 7.95. The van der Waals surface area contributed by atoms with Gasteiger partial charge in [0.15, 0.2) is 0 Å². The van der Waals surface area contributed by atoms with Crippen molar-refractivity contribution in [3.63, 3.8) is 0 Å². The fraction of sp³-hybridized carbons (Fsp3) is 0.600. The molecule has 0 spiro atoms. The summed E-state index contributed by atoms with van der Waals surface area (Å²) in [6.45, 7) is 0.562. The number of aromatic nitrogens is 2. The van der Waals surface area contributed by atoms with Gasteiger partial charge in [0, 0.05) is 24.2 Å². The molecular formula is C10H15N3. The highest BCUT2D eigenvalue weighted by atomic mass is 14.8. The average molecular weight is 177 g/mol. The van der Waals surface area contributed by atoms with E-state index in [9.17, 15) is 0 Å². The minimum atomic E-state index is 0.562. The first kappa shape index (κ1) is 8.63. The van der Waals surface area contributed by atoms with Gasteiger partial charge in [-0.25, -0.2) is 9.97 Å². The quantitative estimate of drug-likeness (QED) is 0.746. The van der Waals surface area contributed by atoms with Gasteiger partial charge in [-0.3, -0.25) is 0 Å². The van der Waals surface area contributed by atoms with Gasteiger partial charge in [-0.1, -0.05) is 12.8 Å². The zero-order chi connectivity index (χ0) is 9.10. The molecule has 3 heteroatoms. The van der Waals surface area contributed by atoms with Gasteiger partial charge >= 0.3 is 0 Å². The molecule has 70 valence electrons. The van der Waals surface area contributed by atoms with Crippen LogP contribution in [0.15, 0.2) is 12.5 Å². The predicted molar refractivity (Wildman–Crippen MR) is 51.1 cm³/mol. The van der Waals surface area contributed by atoms with Crippen molar-refractivity contribution in [2.45, 2.75) is 38.1 Å². The molecule has 1 aromatic rings. The van der Waals surface area contributed by atoms with Crippen LogP contribution in [0.3, 0.4) is 0 Å². The van der Waals surface area contributed by atoms with E-state index in [1.807, 2.05) is 6.20 Å². The van der Waals surface area contributed by atoms with Gasteiger partial charge in [0.25, 0.3) is 0 Å². The lowest BCUT2D eigenvalue weighted by atomic mass is 10.00. The number of rotatable bonds is 2. The molecule has 0 radical (unpaired) electrons. The van der Waals surface area contributed by atoms with E-state index < -0.39 is 0 Å². The lowest BCUT2D eigenvalue weighted by Gasteiger charge is -2.11. The molecule has 1 aliphatic rings. The van der Waals surface area contributed by atoms with Crippen LogP contribution in [0.4, 0.5) is 0 Å². The van der Waals surface area contributed by atoms with E-state index in [4.69, 9.17) is 5.73 Å². The van der Waals surface area contributed by atoms with Crippen molar-refractivity contribution in [2.75, 3.05) is 0 Å². The Labute approximate surface area is 78.4 Å². The fourth-order valence-corrected chi connectivity index (χ4v) is 2.09.